The number of amides is 1. The molecule has 1 aromatic carbocycles. The summed E-state index contributed by atoms with van der Waals surface area (Å²) in [4.78, 5) is 23.9. The predicted molar refractivity (Wildman–Crippen MR) is 75.9 cm³/mol. The van der Waals surface area contributed by atoms with Crippen molar-refractivity contribution in [3.63, 3.8) is 0 Å². The van der Waals surface area contributed by atoms with Crippen LogP contribution in [0.1, 0.15) is 23.2 Å². The fraction of sp³-hybridized carbons (Fsp3) is 0.385. The lowest BCUT2D eigenvalue weighted by atomic mass is 10.0. The molecule has 0 saturated carbocycles. The van der Waals surface area contributed by atoms with Crippen LogP contribution in [0.5, 0.6) is 0 Å². The van der Waals surface area contributed by atoms with Gasteiger partial charge in [-0.25, -0.2) is 4.79 Å². The largest absolute Gasteiger partial charge is 0.465 e. The predicted octanol–water partition coefficient (Wildman–Crippen LogP) is 2.50. The summed E-state index contributed by atoms with van der Waals surface area (Å²) in [7, 11) is 0. The van der Waals surface area contributed by atoms with Gasteiger partial charge in [0.05, 0.1) is 5.69 Å². The van der Waals surface area contributed by atoms with Gasteiger partial charge in [0.1, 0.15) is 0 Å². The van der Waals surface area contributed by atoms with Gasteiger partial charge in [0, 0.05) is 29.2 Å². The van der Waals surface area contributed by atoms with Crippen molar-refractivity contribution in [3.05, 3.63) is 28.2 Å². The molecule has 0 spiro atoms. The molecule has 2 N–H and O–H groups in total. The summed E-state index contributed by atoms with van der Waals surface area (Å²) >= 11 is 3.46. The van der Waals surface area contributed by atoms with Gasteiger partial charge in [0.25, 0.3) is 0 Å². The van der Waals surface area contributed by atoms with Gasteiger partial charge in [-0.15, -0.1) is 0 Å². The SMILES string of the molecule is O=Cc1cccc(Br)c1N1CCCC(NC(=O)O)C1. The smallest absolute Gasteiger partial charge is 0.404 e. The molecule has 0 radical (unpaired) electrons. The molecule has 0 aliphatic carbocycles. The van der Waals surface area contributed by atoms with E-state index in [9.17, 15) is 9.59 Å². The minimum absolute atomic E-state index is 0.0992. The molecule has 1 heterocycles. The number of carbonyl (C=O) groups is 2. The number of anilines is 1. The van der Waals surface area contributed by atoms with Crippen molar-refractivity contribution in [1.82, 2.24) is 5.32 Å². The molecule has 1 aliphatic rings. The number of nitrogens with one attached hydrogen (secondary N) is 1. The molecule has 1 amide bonds. The Balaban J connectivity index is 2.21. The van der Waals surface area contributed by atoms with E-state index in [0.717, 1.165) is 35.8 Å². The van der Waals surface area contributed by atoms with Crippen LogP contribution >= 0.6 is 15.9 Å². The first-order valence-electron chi connectivity index (χ1n) is 6.10. The first kappa shape index (κ1) is 13.9. The zero-order valence-corrected chi connectivity index (χ0v) is 11.9. The Labute approximate surface area is 119 Å². The van der Waals surface area contributed by atoms with Crippen molar-refractivity contribution in [3.8, 4) is 0 Å². The summed E-state index contributed by atoms with van der Waals surface area (Å²) in [5.74, 6) is 0. The van der Waals surface area contributed by atoms with E-state index in [0.29, 0.717) is 12.1 Å². The first-order valence-corrected chi connectivity index (χ1v) is 6.89. The van der Waals surface area contributed by atoms with E-state index in [-0.39, 0.29) is 6.04 Å². The number of halogens is 1. The lowest BCUT2D eigenvalue weighted by Gasteiger charge is -2.35. The molecule has 2 rings (SSSR count). The normalized spacial score (nSPS) is 19.0. The Kier molecular flexibility index (Phi) is 4.42. The third-order valence-corrected chi connectivity index (χ3v) is 3.85. The maximum Gasteiger partial charge on any atom is 0.404 e. The van der Waals surface area contributed by atoms with Crippen molar-refractivity contribution < 1.29 is 14.7 Å². The van der Waals surface area contributed by atoms with Gasteiger partial charge in [0.2, 0.25) is 0 Å². The molecule has 1 fully saturated rings. The number of piperidine rings is 1. The highest BCUT2D eigenvalue weighted by molar-refractivity contribution is 9.10. The van der Waals surface area contributed by atoms with Crippen molar-refractivity contribution >= 4 is 34.0 Å². The van der Waals surface area contributed by atoms with Crippen LogP contribution in [0.25, 0.3) is 0 Å². The third-order valence-electron chi connectivity index (χ3n) is 3.21. The van der Waals surface area contributed by atoms with Crippen LogP contribution in [-0.4, -0.2) is 36.6 Å². The highest BCUT2D eigenvalue weighted by Crippen LogP contribution is 2.31. The Bertz CT molecular complexity index is 493. The second-order valence-corrected chi connectivity index (χ2v) is 5.38. The second-order valence-electron chi connectivity index (χ2n) is 4.53. The summed E-state index contributed by atoms with van der Waals surface area (Å²) in [6.07, 6.45) is 1.54. The number of hydrogen-bond acceptors (Lipinski definition) is 3. The lowest BCUT2D eigenvalue weighted by molar-refractivity contribution is 0.112. The van der Waals surface area contributed by atoms with Crippen LogP contribution in [0, 0.1) is 0 Å². The Morgan fingerprint density at radius 1 is 1.53 bits per heavy atom. The molecule has 5 nitrogen and oxygen atoms in total. The number of carbonyl (C=O) groups excluding carboxylic acids is 1. The molecule has 6 heteroatoms. The number of rotatable bonds is 3. The molecule has 1 aromatic rings. The molecule has 0 aromatic heterocycles. The van der Waals surface area contributed by atoms with Crippen molar-refractivity contribution in [2.75, 3.05) is 18.0 Å². The van der Waals surface area contributed by atoms with Crippen molar-refractivity contribution in [2.24, 2.45) is 0 Å². The van der Waals surface area contributed by atoms with Crippen LogP contribution in [0.15, 0.2) is 22.7 Å². The molecule has 1 aliphatic heterocycles. The standard InChI is InChI=1S/C13H15BrN2O3/c14-11-5-1-3-9(8-17)12(11)16-6-2-4-10(7-16)15-13(18)19/h1,3,5,8,10,15H,2,4,6-7H2,(H,18,19). The van der Waals surface area contributed by atoms with Gasteiger partial charge in [-0.05, 0) is 40.9 Å². The molecule has 102 valence electrons. The van der Waals surface area contributed by atoms with Gasteiger partial charge in [-0.2, -0.15) is 0 Å². The summed E-state index contributed by atoms with van der Waals surface area (Å²) in [6.45, 7) is 1.40. The monoisotopic (exact) mass is 326 g/mol. The first-order chi connectivity index (χ1) is 9.11. The highest BCUT2D eigenvalue weighted by Gasteiger charge is 2.24. The minimum atomic E-state index is -1.01. The topological polar surface area (TPSA) is 69.6 Å². The van der Waals surface area contributed by atoms with E-state index in [1.54, 1.807) is 6.07 Å². The molecule has 19 heavy (non-hydrogen) atoms. The Hall–Kier alpha value is -1.56. The molecule has 1 unspecified atom stereocenters. The number of aldehydes is 1. The van der Waals surface area contributed by atoms with Crippen LogP contribution < -0.4 is 10.2 Å². The van der Waals surface area contributed by atoms with Crippen LogP contribution in [0.4, 0.5) is 10.5 Å². The van der Waals surface area contributed by atoms with Crippen molar-refractivity contribution in [2.45, 2.75) is 18.9 Å². The lowest BCUT2D eigenvalue weighted by Crippen LogP contribution is -2.47. The summed E-state index contributed by atoms with van der Waals surface area (Å²) in [6, 6.07) is 5.37. The van der Waals surface area contributed by atoms with E-state index in [1.165, 1.54) is 0 Å². The van der Waals surface area contributed by atoms with Gasteiger partial charge >= 0.3 is 6.09 Å². The number of nitrogens with zero attached hydrogens (tertiary/aromatic N) is 1. The zero-order valence-electron chi connectivity index (χ0n) is 10.3. The summed E-state index contributed by atoms with van der Waals surface area (Å²) < 4.78 is 0.855. The quantitative estimate of drug-likeness (QED) is 0.837. The Morgan fingerprint density at radius 2 is 2.32 bits per heavy atom. The summed E-state index contributed by atoms with van der Waals surface area (Å²) in [5.41, 5.74) is 1.46. The number of hydrogen-bond donors (Lipinski definition) is 2. The van der Waals surface area contributed by atoms with Crippen LogP contribution in [0.2, 0.25) is 0 Å². The van der Waals surface area contributed by atoms with Crippen LogP contribution in [0.3, 0.4) is 0 Å². The van der Waals surface area contributed by atoms with Gasteiger partial charge in [0.15, 0.2) is 6.29 Å². The third kappa shape index (κ3) is 3.26. The molecular formula is C13H15BrN2O3. The highest BCUT2D eigenvalue weighted by atomic mass is 79.9. The van der Waals surface area contributed by atoms with Gasteiger partial charge in [-0.1, -0.05) is 6.07 Å². The van der Waals surface area contributed by atoms with E-state index in [4.69, 9.17) is 5.11 Å². The van der Waals surface area contributed by atoms with E-state index in [1.807, 2.05) is 12.1 Å². The minimum Gasteiger partial charge on any atom is -0.465 e. The molecule has 0 bridgehead atoms. The van der Waals surface area contributed by atoms with Crippen LogP contribution in [-0.2, 0) is 0 Å². The number of carboxylic acid groups (broad SMARTS) is 1. The van der Waals surface area contributed by atoms with Gasteiger partial charge in [-0.3, -0.25) is 4.79 Å². The maximum atomic E-state index is 11.1. The summed E-state index contributed by atoms with van der Waals surface area (Å²) in [5, 5.41) is 11.3. The van der Waals surface area contributed by atoms with Gasteiger partial charge < -0.3 is 15.3 Å². The maximum absolute atomic E-state index is 11.1. The second kappa shape index (κ2) is 6.06. The van der Waals surface area contributed by atoms with E-state index in [2.05, 4.69) is 26.1 Å². The fourth-order valence-corrected chi connectivity index (χ4v) is 3.07. The molecule has 1 saturated heterocycles. The molecule has 1 atom stereocenters. The Morgan fingerprint density at radius 3 is 3.00 bits per heavy atom. The van der Waals surface area contributed by atoms with E-state index >= 15 is 0 Å². The average molecular weight is 327 g/mol. The zero-order chi connectivity index (χ0) is 13.8. The van der Waals surface area contributed by atoms with Crippen molar-refractivity contribution in [1.29, 1.82) is 0 Å². The molecular weight excluding hydrogens is 312 g/mol. The number of para-hydroxylation sites is 1. The average Bonchev–Trinajstić information content (AvgIpc) is 2.37. The van der Waals surface area contributed by atoms with E-state index < -0.39 is 6.09 Å². The number of benzene rings is 1. The fourth-order valence-electron chi connectivity index (χ4n) is 2.43.